The summed E-state index contributed by atoms with van der Waals surface area (Å²) in [5, 5.41) is 29.8. The van der Waals surface area contributed by atoms with Gasteiger partial charge in [0, 0.05) is 24.9 Å². The van der Waals surface area contributed by atoms with Crippen LogP contribution in [-0.2, 0) is 9.59 Å². The van der Waals surface area contributed by atoms with E-state index in [1.54, 1.807) is 0 Å². The third-order valence-corrected chi connectivity index (χ3v) is 3.41. The molecule has 1 saturated heterocycles. The third kappa shape index (κ3) is 3.31. The number of nitrogens with zero attached hydrogens (tertiary/aromatic N) is 1. The van der Waals surface area contributed by atoms with Crippen LogP contribution in [0.4, 0.5) is 0 Å². The SMILES string of the molecule is O=C(O)C[C@H]1[C@@H](Oc2ccncc2C(=O)O)CN[C@@H]1C(=O)O. The summed E-state index contributed by atoms with van der Waals surface area (Å²) in [5.74, 6) is -4.36. The highest BCUT2D eigenvalue weighted by Crippen LogP contribution is 2.27. The van der Waals surface area contributed by atoms with Crippen molar-refractivity contribution >= 4 is 17.9 Å². The van der Waals surface area contributed by atoms with Crippen LogP contribution in [-0.4, -0.2) is 56.9 Å². The van der Waals surface area contributed by atoms with Crippen LogP contribution in [0.15, 0.2) is 18.5 Å². The van der Waals surface area contributed by atoms with Gasteiger partial charge in [-0.3, -0.25) is 14.6 Å². The van der Waals surface area contributed by atoms with E-state index in [1.807, 2.05) is 0 Å². The van der Waals surface area contributed by atoms with Crippen LogP contribution in [0.3, 0.4) is 0 Å². The van der Waals surface area contributed by atoms with Gasteiger partial charge in [-0.15, -0.1) is 0 Å². The first-order valence-electron chi connectivity index (χ1n) is 6.42. The Morgan fingerprint density at radius 2 is 2.05 bits per heavy atom. The summed E-state index contributed by atoms with van der Waals surface area (Å²) in [6.07, 6.45) is 1.28. The van der Waals surface area contributed by atoms with Crippen molar-refractivity contribution in [3.8, 4) is 5.75 Å². The molecule has 2 heterocycles. The summed E-state index contributed by atoms with van der Waals surface area (Å²) in [5.41, 5.74) is -0.171. The van der Waals surface area contributed by atoms with E-state index in [9.17, 15) is 14.4 Å². The number of hydrogen-bond acceptors (Lipinski definition) is 6. The molecule has 118 valence electrons. The molecule has 1 aromatic rings. The van der Waals surface area contributed by atoms with Crippen LogP contribution in [0, 0.1) is 5.92 Å². The lowest BCUT2D eigenvalue weighted by Crippen LogP contribution is -2.38. The zero-order valence-corrected chi connectivity index (χ0v) is 11.3. The average Bonchev–Trinajstić information content (AvgIpc) is 2.81. The zero-order valence-electron chi connectivity index (χ0n) is 11.3. The molecule has 1 aliphatic heterocycles. The minimum atomic E-state index is -1.24. The van der Waals surface area contributed by atoms with Gasteiger partial charge < -0.3 is 25.4 Å². The second kappa shape index (κ2) is 6.39. The van der Waals surface area contributed by atoms with Crippen molar-refractivity contribution in [3.63, 3.8) is 0 Å². The minimum Gasteiger partial charge on any atom is -0.488 e. The maximum Gasteiger partial charge on any atom is 0.341 e. The molecule has 1 fully saturated rings. The maximum absolute atomic E-state index is 11.2. The largest absolute Gasteiger partial charge is 0.488 e. The number of rotatable bonds is 6. The van der Waals surface area contributed by atoms with E-state index in [0.717, 1.165) is 6.20 Å². The van der Waals surface area contributed by atoms with Crippen molar-refractivity contribution < 1.29 is 34.4 Å². The van der Waals surface area contributed by atoms with Gasteiger partial charge in [0.15, 0.2) is 0 Å². The molecule has 1 aromatic heterocycles. The van der Waals surface area contributed by atoms with Gasteiger partial charge in [0.25, 0.3) is 0 Å². The van der Waals surface area contributed by atoms with Crippen molar-refractivity contribution in [2.24, 2.45) is 5.92 Å². The Labute approximate surface area is 124 Å². The van der Waals surface area contributed by atoms with Gasteiger partial charge in [-0.05, 0) is 6.07 Å². The van der Waals surface area contributed by atoms with Gasteiger partial charge in [0.05, 0.1) is 6.42 Å². The Bertz CT molecular complexity index is 604. The van der Waals surface area contributed by atoms with Gasteiger partial charge in [0.1, 0.15) is 23.5 Å². The number of aromatic nitrogens is 1. The number of carboxylic acid groups (broad SMARTS) is 3. The molecule has 0 aromatic carbocycles. The molecule has 9 heteroatoms. The van der Waals surface area contributed by atoms with E-state index in [-0.39, 0.29) is 17.9 Å². The lowest BCUT2D eigenvalue weighted by atomic mass is 9.94. The van der Waals surface area contributed by atoms with Crippen molar-refractivity contribution in [3.05, 3.63) is 24.0 Å². The minimum absolute atomic E-state index is 0.0238. The van der Waals surface area contributed by atoms with Crippen LogP contribution >= 0.6 is 0 Å². The van der Waals surface area contributed by atoms with Crippen molar-refractivity contribution in [1.29, 1.82) is 0 Å². The highest BCUT2D eigenvalue weighted by atomic mass is 16.5. The molecule has 2 rings (SSSR count). The Morgan fingerprint density at radius 1 is 1.32 bits per heavy atom. The first-order valence-corrected chi connectivity index (χ1v) is 6.42. The summed E-state index contributed by atoms with van der Waals surface area (Å²) in [4.78, 5) is 36.9. The maximum atomic E-state index is 11.2. The first kappa shape index (κ1) is 15.7. The van der Waals surface area contributed by atoms with E-state index in [4.69, 9.17) is 20.1 Å². The smallest absolute Gasteiger partial charge is 0.341 e. The van der Waals surface area contributed by atoms with E-state index in [2.05, 4.69) is 10.3 Å². The van der Waals surface area contributed by atoms with E-state index in [0.29, 0.717) is 0 Å². The number of aromatic carboxylic acids is 1. The zero-order chi connectivity index (χ0) is 16.3. The molecule has 0 bridgehead atoms. The summed E-state index contributed by atoms with van der Waals surface area (Å²) in [6, 6.07) is 0.284. The predicted molar refractivity (Wildman–Crippen MR) is 70.8 cm³/mol. The molecular formula is C13H14N2O7. The first-order chi connectivity index (χ1) is 10.4. The van der Waals surface area contributed by atoms with Crippen molar-refractivity contribution in [2.75, 3.05) is 6.54 Å². The van der Waals surface area contributed by atoms with E-state index in [1.165, 1.54) is 12.3 Å². The Kier molecular flexibility index (Phi) is 4.56. The fourth-order valence-corrected chi connectivity index (χ4v) is 2.42. The topological polar surface area (TPSA) is 146 Å². The lowest BCUT2D eigenvalue weighted by Gasteiger charge is -2.21. The van der Waals surface area contributed by atoms with Gasteiger partial charge in [-0.1, -0.05) is 0 Å². The molecular weight excluding hydrogens is 296 g/mol. The van der Waals surface area contributed by atoms with Gasteiger partial charge in [-0.2, -0.15) is 0 Å². The van der Waals surface area contributed by atoms with Gasteiger partial charge >= 0.3 is 17.9 Å². The van der Waals surface area contributed by atoms with Crippen LogP contribution in [0.2, 0.25) is 0 Å². The quantitative estimate of drug-likeness (QED) is 0.554. The number of aliphatic carboxylic acids is 2. The molecule has 0 aliphatic carbocycles. The highest BCUT2D eigenvalue weighted by Gasteiger charge is 2.43. The van der Waals surface area contributed by atoms with Gasteiger partial charge in [0.2, 0.25) is 0 Å². The molecule has 22 heavy (non-hydrogen) atoms. The highest BCUT2D eigenvalue weighted by molar-refractivity contribution is 5.90. The number of carboxylic acids is 3. The second-order valence-electron chi connectivity index (χ2n) is 4.82. The second-order valence-corrected chi connectivity index (χ2v) is 4.82. The summed E-state index contributed by atoms with van der Waals surface area (Å²) >= 11 is 0. The van der Waals surface area contributed by atoms with Crippen LogP contribution in [0.25, 0.3) is 0 Å². The van der Waals surface area contributed by atoms with E-state index >= 15 is 0 Å². The molecule has 9 nitrogen and oxygen atoms in total. The average molecular weight is 310 g/mol. The van der Waals surface area contributed by atoms with Crippen molar-refractivity contribution in [1.82, 2.24) is 10.3 Å². The number of hydrogen-bond donors (Lipinski definition) is 4. The van der Waals surface area contributed by atoms with Gasteiger partial charge in [-0.25, -0.2) is 4.79 Å². The van der Waals surface area contributed by atoms with Crippen LogP contribution in [0.5, 0.6) is 5.75 Å². The molecule has 3 atom stereocenters. The summed E-state index contributed by atoms with van der Waals surface area (Å²) in [7, 11) is 0. The molecule has 0 saturated carbocycles. The van der Waals surface area contributed by atoms with Crippen LogP contribution < -0.4 is 10.1 Å². The number of ether oxygens (including phenoxy) is 1. The van der Waals surface area contributed by atoms with Crippen LogP contribution in [0.1, 0.15) is 16.8 Å². The third-order valence-electron chi connectivity index (χ3n) is 3.41. The fraction of sp³-hybridized carbons (Fsp3) is 0.385. The number of carbonyl (C=O) groups is 3. The molecule has 0 radical (unpaired) electrons. The number of pyridine rings is 1. The Balaban J connectivity index is 2.22. The Hall–Kier alpha value is -2.68. The predicted octanol–water partition coefficient (Wildman–Crippen LogP) is -0.325. The molecule has 1 aliphatic rings. The molecule has 0 spiro atoms. The Morgan fingerprint density at radius 3 is 2.64 bits per heavy atom. The molecule has 0 amide bonds. The van der Waals surface area contributed by atoms with Crippen molar-refractivity contribution in [2.45, 2.75) is 18.6 Å². The lowest BCUT2D eigenvalue weighted by molar-refractivity contribution is -0.142. The number of nitrogens with one attached hydrogen (secondary N) is 1. The summed E-state index contributed by atoms with van der Waals surface area (Å²) in [6.45, 7) is 0.107. The normalized spacial score (nSPS) is 23.9. The standard InChI is InChI=1S/C13H14N2O7/c16-10(17)3-6-9(5-15-11(6)13(20)21)22-8-1-2-14-4-7(8)12(18)19/h1-2,4,6,9,11,15H,3,5H2,(H,16,17)(H,18,19)(H,20,21)/t6-,9-,11-/m0/s1. The summed E-state index contributed by atoms with van der Waals surface area (Å²) < 4.78 is 5.55. The molecule has 0 unspecified atom stereocenters. The van der Waals surface area contributed by atoms with E-state index < -0.39 is 42.4 Å². The monoisotopic (exact) mass is 310 g/mol. The fourth-order valence-electron chi connectivity index (χ4n) is 2.42. The molecule has 4 N–H and O–H groups in total.